The average molecular weight is 331 g/mol. The Morgan fingerprint density at radius 3 is 3.22 bits per heavy atom. The molecule has 0 saturated carbocycles. The van der Waals surface area contributed by atoms with E-state index < -0.39 is 0 Å². The van der Waals surface area contributed by atoms with Crippen LogP contribution in [0.15, 0.2) is 20.8 Å². The van der Waals surface area contributed by atoms with E-state index in [0.717, 1.165) is 37.1 Å². The molecular formula is C15H17N5O2S. The van der Waals surface area contributed by atoms with Crippen LogP contribution in [-0.2, 0) is 13.0 Å². The maximum atomic E-state index is 12.1. The highest BCUT2D eigenvalue weighted by Crippen LogP contribution is 2.31. The van der Waals surface area contributed by atoms with E-state index >= 15 is 0 Å². The number of hydrogen-bond acceptors (Lipinski definition) is 7. The molecule has 1 atom stereocenters. The highest BCUT2D eigenvalue weighted by Gasteiger charge is 2.30. The largest absolute Gasteiger partial charge is 0.339 e. The molecule has 1 saturated heterocycles. The Bertz CT molecular complexity index is 883. The predicted octanol–water partition coefficient (Wildman–Crippen LogP) is 2.27. The van der Waals surface area contributed by atoms with Gasteiger partial charge < -0.3 is 9.51 Å². The zero-order chi connectivity index (χ0) is 15.8. The van der Waals surface area contributed by atoms with Gasteiger partial charge in [0.15, 0.2) is 5.82 Å². The molecule has 1 N–H and O–H groups in total. The molecule has 1 fully saturated rings. The standard InChI is InChI=1S/C15H17N5O2S/c1-2-12-18-14(19-22-12)10-4-3-6-20(10)8-11-16-9-5-7-23-13(9)15(21)17-11/h5,7,10H,2-4,6,8H2,1H3,(H,16,17,21)/t10-/m0/s1. The van der Waals surface area contributed by atoms with E-state index in [2.05, 4.69) is 25.0 Å². The van der Waals surface area contributed by atoms with Gasteiger partial charge in [-0.3, -0.25) is 9.69 Å². The van der Waals surface area contributed by atoms with Crippen molar-refractivity contribution in [1.82, 2.24) is 25.0 Å². The van der Waals surface area contributed by atoms with Gasteiger partial charge in [-0.15, -0.1) is 11.3 Å². The molecule has 3 aromatic rings. The van der Waals surface area contributed by atoms with Crippen LogP contribution in [0, 0.1) is 0 Å². The highest BCUT2D eigenvalue weighted by molar-refractivity contribution is 7.17. The van der Waals surface area contributed by atoms with Crippen molar-refractivity contribution in [2.24, 2.45) is 0 Å². The molecule has 1 aliphatic rings. The zero-order valence-corrected chi connectivity index (χ0v) is 13.6. The molecule has 8 heteroatoms. The number of likely N-dealkylation sites (tertiary alicyclic amines) is 1. The zero-order valence-electron chi connectivity index (χ0n) is 12.8. The van der Waals surface area contributed by atoms with E-state index in [-0.39, 0.29) is 11.6 Å². The van der Waals surface area contributed by atoms with Gasteiger partial charge in [0.1, 0.15) is 10.5 Å². The molecule has 1 aliphatic heterocycles. The Morgan fingerprint density at radius 1 is 1.48 bits per heavy atom. The molecule has 23 heavy (non-hydrogen) atoms. The van der Waals surface area contributed by atoms with Crippen molar-refractivity contribution < 1.29 is 4.52 Å². The lowest BCUT2D eigenvalue weighted by Gasteiger charge is -2.20. The van der Waals surface area contributed by atoms with Gasteiger partial charge in [0.25, 0.3) is 5.56 Å². The van der Waals surface area contributed by atoms with E-state index in [0.29, 0.717) is 23.0 Å². The summed E-state index contributed by atoms with van der Waals surface area (Å²) in [6, 6.07) is 2.01. The van der Waals surface area contributed by atoms with Crippen LogP contribution in [0.25, 0.3) is 10.2 Å². The van der Waals surface area contributed by atoms with Crippen molar-refractivity contribution >= 4 is 21.6 Å². The molecule has 0 aromatic carbocycles. The number of nitrogens with zero attached hydrogens (tertiary/aromatic N) is 4. The summed E-state index contributed by atoms with van der Waals surface area (Å²) in [5.41, 5.74) is 0.695. The molecule has 0 aliphatic carbocycles. The first-order chi connectivity index (χ1) is 11.2. The topological polar surface area (TPSA) is 87.9 Å². The minimum Gasteiger partial charge on any atom is -0.339 e. The van der Waals surface area contributed by atoms with Gasteiger partial charge in [-0.1, -0.05) is 12.1 Å². The maximum Gasteiger partial charge on any atom is 0.268 e. The van der Waals surface area contributed by atoms with E-state index in [1.54, 1.807) is 0 Å². The molecule has 0 bridgehead atoms. The van der Waals surface area contributed by atoms with E-state index in [4.69, 9.17) is 4.52 Å². The number of fused-ring (bicyclic) bond motifs is 1. The number of aromatic amines is 1. The second-order valence-corrected chi connectivity index (χ2v) is 6.59. The van der Waals surface area contributed by atoms with Crippen molar-refractivity contribution in [3.8, 4) is 0 Å². The molecule has 120 valence electrons. The number of hydrogen-bond donors (Lipinski definition) is 1. The lowest BCUT2D eigenvalue weighted by atomic mass is 10.2. The van der Waals surface area contributed by atoms with Crippen molar-refractivity contribution in [1.29, 1.82) is 0 Å². The number of H-pyrrole nitrogens is 1. The van der Waals surface area contributed by atoms with Gasteiger partial charge in [-0.2, -0.15) is 4.98 Å². The van der Waals surface area contributed by atoms with Crippen molar-refractivity contribution in [2.75, 3.05) is 6.54 Å². The lowest BCUT2D eigenvalue weighted by molar-refractivity contribution is 0.228. The first-order valence-corrected chi connectivity index (χ1v) is 8.65. The summed E-state index contributed by atoms with van der Waals surface area (Å²) in [5, 5.41) is 5.99. The molecule has 4 heterocycles. The van der Waals surface area contributed by atoms with Gasteiger partial charge in [0.2, 0.25) is 5.89 Å². The van der Waals surface area contributed by atoms with Gasteiger partial charge in [0, 0.05) is 6.42 Å². The molecule has 0 radical (unpaired) electrons. The second-order valence-electron chi connectivity index (χ2n) is 5.68. The molecule has 0 unspecified atom stereocenters. The molecule has 0 spiro atoms. The summed E-state index contributed by atoms with van der Waals surface area (Å²) in [7, 11) is 0. The number of aryl methyl sites for hydroxylation is 1. The Kier molecular flexibility index (Phi) is 3.70. The molecular weight excluding hydrogens is 314 g/mol. The first kappa shape index (κ1) is 14.5. The Balaban J connectivity index is 1.59. The fourth-order valence-corrected chi connectivity index (χ4v) is 3.77. The predicted molar refractivity (Wildman–Crippen MR) is 86.3 cm³/mol. The fraction of sp³-hybridized carbons (Fsp3) is 0.467. The van der Waals surface area contributed by atoms with Gasteiger partial charge in [0.05, 0.1) is 18.1 Å². The van der Waals surface area contributed by atoms with Crippen LogP contribution in [-0.4, -0.2) is 31.6 Å². The Morgan fingerprint density at radius 2 is 2.39 bits per heavy atom. The van der Waals surface area contributed by atoms with Crippen LogP contribution in [0.4, 0.5) is 0 Å². The van der Waals surface area contributed by atoms with Crippen LogP contribution in [0.1, 0.15) is 43.3 Å². The molecule has 3 aromatic heterocycles. The summed E-state index contributed by atoms with van der Waals surface area (Å²) < 4.78 is 5.91. The number of nitrogens with one attached hydrogen (secondary N) is 1. The number of thiophene rings is 1. The van der Waals surface area contributed by atoms with Crippen molar-refractivity contribution in [3.63, 3.8) is 0 Å². The fourth-order valence-electron chi connectivity index (χ4n) is 3.04. The molecule has 0 amide bonds. The first-order valence-electron chi connectivity index (χ1n) is 7.77. The molecule has 7 nitrogen and oxygen atoms in total. The minimum absolute atomic E-state index is 0.0661. The van der Waals surface area contributed by atoms with Gasteiger partial charge >= 0.3 is 0 Å². The second kappa shape index (κ2) is 5.86. The third-order valence-electron chi connectivity index (χ3n) is 4.16. The summed E-state index contributed by atoms with van der Waals surface area (Å²) >= 11 is 1.42. The van der Waals surface area contributed by atoms with E-state index in [1.165, 1.54) is 11.3 Å². The van der Waals surface area contributed by atoms with Crippen LogP contribution in [0.5, 0.6) is 0 Å². The van der Waals surface area contributed by atoms with Gasteiger partial charge in [-0.25, -0.2) is 4.98 Å². The van der Waals surface area contributed by atoms with Crippen molar-refractivity contribution in [2.45, 2.75) is 38.8 Å². The average Bonchev–Trinajstić information content (AvgIpc) is 3.26. The lowest BCUT2D eigenvalue weighted by Crippen LogP contribution is -2.26. The van der Waals surface area contributed by atoms with Crippen molar-refractivity contribution in [3.05, 3.63) is 39.3 Å². The van der Waals surface area contributed by atoms with Crippen LogP contribution in [0.2, 0.25) is 0 Å². The Hall–Kier alpha value is -2.06. The van der Waals surface area contributed by atoms with E-state index in [1.807, 2.05) is 18.4 Å². The SMILES string of the molecule is CCc1nc([C@@H]2CCCN2Cc2nc3ccsc3c(=O)[nH]2)no1. The van der Waals surface area contributed by atoms with Gasteiger partial charge in [-0.05, 0) is 30.8 Å². The summed E-state index contributed by atoms with van der Waals surface area (Å²) in [6.45, 7) is 3.52. The Labute approximate surface area is 136 Å². The van der Waals surface area contributed by atoms with E-state index in [9.17, 15) is 4.79 Å². The maximum absolute atomic E-state index is 12.1. The monoisotopic (exact) mass is 331 g/mol. The number of aromatic nitrogens is 4. The summed E-state index contributed by atoms with van der Waals surface area (Å²) in [5.74, 6) is 2.09. The molecule has 4 rings (SSSR count). The van der Waals surface area contributed by atoms with Crippen LogP contribution in [0.3, 0.4) is 0 Å². The summed E-state index contributed by atoms with van der Waals surface area (Å²) in [6.07, 6.45) is 2.81. The van der Waals surface area contributed by atoms with Crippen LogP contribution < -0.4 is 5.56 Å². The summed E-state index contributed by atoms with van der Waals surface area (Å²) in [4.78, 5) is 26.2. The smallest absolute Gasteiger partial charge is 0.268 e. The normalized spacial score (nSPS) is 18.9. The highest BCUT2D eigenvalue weighted by atomic mass is 32.1. The third kappa shape index (κ3) is 2.68. The van der Waals surface area contributed by atoms with Crippen LogP contribution >= 0.6 is 11.3 Å². The number of rotatable bonds is 4. The third-order valence-corrected chi connectivity index (χ3v) is 5.07. The minimum atomic E-state index is -0.0661. The quantitative estimate of drug-likeness (QED) is 0.789.